The van der Waals surface area contributed by atoms with Gasteiger partial charge in [0.25, 0.3) is 0 Å². The van der Waals surface area contributed by atoms with Crippen LogP contribution in [0.5, 0.6) is 5.75 Å². The Morgan fingerprint density at radius 2 is 1.73 bits per heavy atom. The lowest BCUT2D eigenvalue weighted by atomic mass is 10.2. The van der Waals surface area contributed by atoms with Crippen LogP contribution in [0.3, 0.4) is 0 Å². The molecule has 2 nitrogen and oxygen atoms in total. The predicted octanol–water partition coefficient (Wildman–Crippen LogP) is 3.91. The molecule has 1 aromatic rings. The SMILES string of the molecule is C.CC(C)Oc1c(Cl)cc(CO)cc1Cl. The van der Waals surface area contributed by atoms with Crippen LogP contribution in [0.25, 0.3) is 0 Å². The molecule has 1 N–H and O–H groups in total. The van der Waals surface area contributed by atoms with Crippen LogP contribution in [0.4, 0.5) is 0 Å². The zero-order chi connectivity index (χ0) is 10.7. The van der Waals surface area contributed by atoms with Crippen molar-refractivity contribution in [3.63, 3.8) is 0 Å². The Balaban J connectivity index is 0.00000196. The Labute approximate surface area is 101 Å². The Morgan fingerprint density at radius 3 is 2.07 bits per heavy atom. The van der Waals surface area contributed by atoms with Crippen LogP contribution in [-0.4, -0.2) is 11.2 Å². The van der Waals surface area contributed by atoms with Crippen LogP contribution in [0.1, 0.15) is 26.8 Å². The lowest BCUT2D eigenvalue weighted by Gasteiger charge is -2.13. The van der Waals surface area contributed by atoms with Gasteiger partial charge in [0.1, 0.15) is 0 Å². The van der Waals surface area contributed by atoms with Crippen molar-refractivity contribution in [3.8, 4) is 5.75 Å². The van der Waals surface area contributed by atoms with Crippen molar-refractivity contribution >= 4 is 23.2 Å². The molecule has 0 heterocycles. The number of benzene rings is 1. The molecular weight excluding hydrogens is 235 g/mol. The van der Waals surface area contributed by atoms with E-state index in [2.05, 4.69) is 0 Å². The number of hydrogen-bond donors (Lipinski definition) is 1. The lowest BCUT2D eigenvalue weighted by molar-refractivity contribution is 0.242. The largest absolute Gasteiger partial charge is 0.488 e. The zero-order valence-electron chi connectivity index (χ0n) is 8.05. The average Bonchev–Trinajstić information content (AvgIpc) is 2.10. The van der Waals surface area contributed by atoms with Gasteiger partial charge in [0, 0.05) is 0 Å². The zero-order valence-corrected chi connectivity index (χ0v) is 9.56. The van der Waals surface area contributed by atoms with Gasteiger partial charge in [-0.25, -0.2) is 0 Å². The molecule has 0 aliphatic rings. The van der Waals surface area contributed by atoms with Crippen molar-refractivity contribution in [1.82, 2.24) is 0 Å². The van der Waals surface area contributed by atoms with Gasteiger partial charge < -0.3 is 9.84 Å². The molecule has 15 heavy (non-hydrogen) atoms. The first-order valence-corrected chi connectivity index (χ1v) is 5.05. The van der Waals surface area contributed by atoms with Crippen molar-refractivity contribution in [2.75, 3.05) is 0 Å². The Kier molecular flexibility index (Phi) is 6.03. The molecule has 0 aliphatic carbocycles. The summed E-state index contributed by atoms with van der Waals surface area (Å²) in [6.45, 7) is 3.71. The summed E-state index contributed by atoms with van der Waals surface area (Å²) in [5.74, 6) is 0.473. The summed E-state index contributed by atoms with van der Waals surface area (Å²) >= 11 is 11.9. The maximum absolute atomic E-state index is 8.90. The van der Waals surface area contributed by atoms with Crippen LogP contribution in [0, 0.1) is 0 Å². The van der Waals surface area contributed by atoms with E-state index in [4.69, 9.17) is 33.0 Å². The lowest BCUT2D eigenvalue weighted by Crippen LogP contribution is -2.06. The van der Waals surface area contributed by atoms with E-state index < -0.39 is 0 Å². The van der Waals surface area contributed by atoms with Crippen molar-refractivity contribution in [1.29, 1.82) is 0 Å². The second kappa shape index (κ2) is 6.21. The van der Waals surface area contributed by atoms with Crippen molar-refractivity contribution in [3.05, 3.63) is 27.7 Å². The number of rotatable bonds is 3. The summed E-state index contributed by atoms with van der Waals surface area (Å²) in [6, 6.07) is 3.29. The highest BCUT2D eigenvalue weighted by molar-refractivity contribution is 6.37. The average molecular weight is 251 g/mol. The van der Waals surface area contributed by atoms with Crippen molar-refractivity contribution < 1.29 is 9.84 Å². The molecule has 0 aromatic heterocycles. The molecule has 0 unspecified atom stereocenters. The molecule has 0 amide bonds. The van der Waals surface area contributed by atoms with Gasteiger partial charge in [0.2, 0.25) is 0 Å². The summed E-state index contributed by atoms with van der Waals surface area (Å²) in [5.41, 5.74) is 0.677. The molecule has 0 radical (unpaired) electrons. The number of hydrogen-bond acceptors (Lipinski definition) is 2. The standard InChI is InChI=1S/C10H12Cl2O2.CH4/c1-6(2)14-10-8(11)3-7(5-13)4-9(10)12;/h3-4,6,13H,5H2,1-2H3;1H4. The molecule has 0 bridgehead atoms. The Bertz CT molecular complexity index is 301. The molecule has 86 valence electrons. The van der Waals surface area contributed by atoms with Crippen LogP contribution in [0.2, 0.25) is 10.0 Å². The topological polar surface area (TPSA) is 29.5 Å². The van der Waals surface area contributed by atoms with E-state index in [1.807, 2.05) is 13.8 Å². The van der Waals surface area contributed by atoms with Crippen molar-refractivity contribution in [2.45, 2.75) is 34.0 Å². The first-order chi connectivity index (χ1) is 6.54. The summed E-state index contributed by atoms with van der Waals surface area (Å²) in [7, 11) is 0. The molecule has 4 heteroatoms. The van der Waals surface area contributed by atoms with Crippen LogP contribution in [-0.2, 0) is 6.61 Å². The van der Waals surface area contributed by atoms with E-state index in [1.54, 1.807) is 12.1 Å². The number of ether oxygens (including phenoxy) is 1. The molecular formula is C11H16Cl2O2. The predicted molar refractivity (Wildman–Crippen MR) is 64.9 cm³/mol. The fraction of sp³-hybridized carbons (Fsp3) is 0.455. The summed E-state index contributed by atoms with van der Waals surface area (Å²) < 4.78 is 5.43. The highest BCUT2D eigenvalue weighted by Crippen LogP contribution is 2.34. The number of halogens is 2. The molecule has 0 aliphatic heterocycles. The minimum Gasteiger partial charge on any atom is -0.488 e. The third-order valence-electron chi connectivity index (χ3n) is 1.59. The Hall–Kier alpha value is -0.440. The van der Waals surface area contributed by atoms with Gasteiger partial charge in [-0.1, -0.05) is 30.6 Å². The van der Waals surface area contributed by atoms with E-state index in [0.717, 1.165) is 0 Å². The maximum atomic E-state index is 8.90. The van der Waals surface area contributed by atoms with Gasteiger partial charge in [-0.2, -0.15) is 0 Å². The smallest absolute Gasteiger partial charge is 0.156 e. The highest BCUT2D eigenvalue weighted by Gasteiger charge is 2.10. The quantitative estimate of drug-likeness (QED) is 0.882. The Morgan fingerprint density at radius 1 is 1.27 bits per heavy atom. The van der Waals surface area contributed by atoms with Gasteiger partial charge in [0.15, 0.2) is 5.75 Å². The molecule has 0 saturated carbocycles. The maximum Gasteiger partial charge on any atom is 0.156 e. The van der Waals surface area contributed by atoms with Gasteiger partial charge >= 0.3 is 0 Å². The minimum absolute atomic E-state index is 0. The molecule has 0 atom stereocenters. The van der Waals surface area contributed by atoms with Crippen LogP contribution < -0.4 is 4.74 Å². The molecule has 1 rings (SSSR count). The first-order valence-electron chi connectivity index (χ1n) is 4.30. The first kappa shape index (κ1) is 14.6. The third-order valence-corrected chi connectivity index (χ3v) is 2.16. The number of aliphatic hydroxyl groups excluding tert-OH is 1. The van der Waals surface area contributed by atoms with E-state index >= 15 is 0 Å². The van der Waals surface area contributed by atoms with E-state index in [0.29, 0.717) is 21.4 Å². The van der Waals surface area contributed by atoms with Crippen molar-refractivity contribution in [2.24, 2.45) is 0 Å². The second-order valence-corrected chi connectivity index (χ2v) is 4.03. The monoisotopic (exact) mass is 250 g/mol. The van der Waals surface area contributed by atoms with E-state index in [1.165, 1.54) is 0 Å². The van der Waals surface area contributed by atoms with Crippen LogP contribution >= 0.6 is 23.2 Å². The summed E-state index contributed by atoms with van der Waals surface area (Å²) in [6.07, 6.45) is 0.0185. The number of aliphatic hydroxyl groups is 1. The van der Waals surface area contributed by atoms with E-state index in [-0.39, 0.29) is 20.1 Å². The molecule has 0 saturated heterocycles. The third kappa shape index (κ3) is 3.90. The second-order valence-electron chi connectivity index (χ2n) is 3.21. The fourth-order valence-corrected chi connectivity index (χ4v) is 1.67. The molecule has 0 fully saturated rings. The van der Waals surface area contributed by atoms with Gasteiger partial charge in [-0.15, -0.1) is 0 Å². The van der Waals surface area contributed by atoms with Gasteiger partial charge in [-0.3, -0.25) is 0 Å². The van der Waals surface area contributed by atoms with E-state index in [9.17, 15) is 0 Å². The molecule has 1 aromatic carbocycles. The van der Waals surface area contributed by atoms with Gasteiger partial charge in [0.05, 0.1) is 22.8 Å². The normalized spacial score (nSPS) is 10.0. The highest BCUT2D eigenvalue weighted by atomic mass is 35.5. The van der Waals surface area contributed by atoms with Gasteiger partial charge in [-0.05, 0) is 31.5 Å². The summed E-state index contributed by atoms with van der Waals surface area (Å²) in [4.78, 5) is 0. The summed E-state index contributed by atoms with van der Waals surface area (Å²) in [5, 5.41) is 9.75. The van der Waals surface area contributed by atoms with Crippen LogP contribution in [0.15, 0.2) is 12.1 Å². The minimum atomic E-state index is -0.0819. The fourth-order valence-electron chi connectivity index (χ4n) is 1.05. The molecule has 0 spiro atoms.